The fourth-order valence-electron chi connectivity index (χ4n) is 9.68. The molecule has 0 aliphatic carbocycles. The molecular weight excluding hydrogens is 905 g/mol. The number of esters is 5. The Bertz CT molecular complexity index is 1630. The van der Waals surface area contributed by atoms with Gasteiger partial charge in [0.1, 0.15) is 36.1 Å². The Morgan fingerprint density at radius 3 is 2.07 bits per heavy atom. The third-order valence-electron chi connectivity index (χ3n) is 13.1. The second kappa shape index (κ2) is 28.7. The zero-order valence-electron chi connectivity index (χ0n) is 43.6. The predicted molar refractivity (Wildman–Crippen MR) is 249 cm³/mol. The average molecular weight is 989 g/mol. The van der Waals surface area contributed by atoms with Gasteiger partial charge in [0.05, 0.1) is 30.8 Å². The number of aliphatic hydroxyl groups is 1. The van der Waals surface area contributed by atoms with E-state index in [1.165, 1.54) is 35.2 Å². The fourth-order valence-corrected chi connectivity index (χ4v) is 9.68. The lowest BCUT2D eigenvalue weighted by molar-refractivity contribution is -0.345. The Morgan fingerprint density at radius 1 is 0.884 bits per heavy atom. The number of hydrogen-bond donors (Lipinski definition) is 1. The van der Waals surface area contributed by atoms with Crippen LogP contribution in [0.5, 0.6) is 0 Å². The number of carbonyl (C=O) groups is 5. The molecular formula is C49H84N2O18. The fraction of sp³-hybridized carbons (Fsp3) is 0.857. The van der Waals surface area contributed by atoms with Crippen LogP contribution in [0.3, 0.4) is 0 Å². The summed E-state index contributed by atoms with van der Waals surface area (Å²) in [5.74, 6) is -3.84. The number of ether oxygens (including phenoxy) is 12. The lowest BCUT2D eigenvalue weighted by Crippen LogP contribution is -2.66. The van der Waals surface area contributed by atoms with E-state index < -0.39 is 134 Å². The van der Waals surface area contributed by atoms with E-state index in [2.05, 4.69) is 11.5 Å². The molecule has 69 heavy (non-hydrogen) atoms. The molecule has 0 saturated carbocycles. The molecule has 3 rings (SSSR count). The second-order valence-electron chi connectivity index (χ2n) is 19.1. The Kier molecular flexibility index (Phi) is 24.9. The molecule has 5 unspecified atom stereocenters. The average Bonchev–Trinajstić information content (AvgIpc) is 3.26. The second-order valence-corrected chi connectivity index (χ2v) is 19.1. The van der Waals surface area contributed by atoms with Crippen LogP contribution in [0.1, 0.15) is 113 Å². The topological polar surface area (TPSA) is 223 Å². The lowest BCUT2D eigenvalue weighted by Gasteiger charge is -2.51. The number of rotatable bonds is 18. The van der Waals surface area contributed by atoms with Crippen molar-refractivity contribution in [2.45, 2.75) is 205 Å². The van der Waals surface area contributed by atoms with Crippen molar-refractivity contribution < 1.29 is 85.9 Å². The molecule has 0 radical (unpaired) electrons. The molecule has 0 aromatic heterocycles. The molecule has 0 amide bonds. The minimum atomic E-state index is -1.53. The standard InChI is InChI=1S/C49H84N2O18/c1-16-20-34-21-19-22-51(12)27-36(63-31(7)52)28(4)23-33(24-40(58-13)59-14)44(45(60-15)35(25-39(56)65-34)66-37(54)17-2)69-48-46(64-32(8)53)42(50(10)11)43(29(5)62-48)68-41-26-49(9,57)47(30(6)61-41)67-38(55)18-3/h16,28-30,33-36,40-48,57H,1,17-27H2,2-15H3/t28-,29?,30?,33-,34-,35-,36+,41+,42?,43+,44+,45+,46?,47+,48+,49?/m1/s1. The maximum absolute atomic E-state index is 14.0. The Hall–Kier alpha value is -3.31. The molecule has 3 aliphatic heterocycles. The van der Waals surface area contributed by atoms with E-state index in [1.807, 2.05) is 18.9 Å². The summed E-state index contributed by atoms with van der Waals surface area (Å²) in [6.45, 7) is 17.7. The smallest absolute Gasteiger partial charge is 0.309 e. The first-order valence-corrected chi connectivity index (χ1v) is 24.3. The quantitative estimate of drug-likeness (QED) is 0.0884. The van der Waals surface area contributed by atoms with E-state index in [1.54, 1.807) is 54.8 Å². The summed E-state index contributed by atoms with van der Waals surface area (Å²) in [7, 11) is 9.89. The van der Waals surface area contributed by atoms with Crippen LogP contribution in [0.25, 0.3) is 0 Å². The van der Waals surface area contributed by atoms with E-state index in [-0.39, 0.29) is 38.0 Å². The van der Waals surface area contributed by atoms with Gasteiger partial charge >= 0.3 is 29.8 Å². The van der Waals surface area contributed by atoms with Gasteiger partial charge in [0.2, 0.25) is 0 Å². The molecule has 0 aromatic rings. The van der Waals surface area contributed by atoms with Crippen molar-refractivity contribution in [3.8, 4) is 0 Å². The number of cyclic esters (lactones) is 1. The summed E-state index contributed by atoms with van der Waals surface area (Å²) in [6, 6.07) is -0.785. The van der Waals surface area contributed by atoms with Crippen LogP contribution >= 0.6 is 0 Å². The van der Waals surface area contributed by atoms with Crippen molar-refractivity contribution >= 4 is 29.8 Å². The van der Waals surface area contributed by atoms with Crippen LogP contribution in [0, 0.1) is 11.8 Å². The molecule has 0 aromatic carbocycles. The first-order chi connectivity index (χ1) is 32.5. The van der Waals surface area contributed by atoms with Gasteiger partial charge < -0.3 is 71.7 Å². The third kappa shape index (κ3) is 18.0. The van der Waals surface area contributed by atoms with Gasteiger partial charge in [-0.25, -0.2) is 0 Å². The molecule has 3 heterocycles. The summed E-state index contributed by atoms with van der Waals surface area (Å²) in [5.41, 5.74) is -1.53. The van der Waals surface area contributed by atoms with Crippen molar-refractivity contribution in [2.75, 3.05) is 55.6 Å². The van der Waals surface area contributed by atoms with Crippen LogP contribution in [-0.2, 0) is 80.8 Å². The van der Waals surface area contributed by atoms with Crippen molar-refractivity contribution in [1.82, 2.24) is 9.80 Å². The highest BCUT2D eigenvalue weighted by Gasteiger charge is 2.54. The summed E-state index contributed by atoms with van der Waals surface area (Å²) in [5, 5.41) is 11.6. The maximum Gasteiger partial charge on any atom is 0.309 e. The molecule has 0 spiro atoms. The molecule has 3 fully saturated rings. The van der Waals surface area contributed by atoms with Gasteiger partial charge in [-0.15, -0.1) is 6.58 Å². The van der Waals surface area contributed by atoms with Crippen molar-refractivity contribution in [1.29, 1.82) is 0 Å². The van der Waals surface area contributed by atoms with E-state index >= 15 is 0 Å². The number of hydrogen-bond acceptors (Lipinski definition) is 20. The molecule has 1 N–H and O–H groups in total. The number of likely N-dealkylation sites (N-methyl/N-ethyl adjacent to an activating group) is 2. The summed E-state index contributed by atoms with van der Waals surface area (Å²) < 4.78 is 74.4. The Balaban J connectivity index is 2.26. The Morgan fingerprint density at radius 2 is 1.52 bits per heavy atom. The van der Waals surface area contributed by atoms with Gasteiger partial charge in [-0.1, -0.05) is 26.8 Å². The van der Waals surface area contributed by atoms with Gasteiger partial charge in [0.25, 0.3) is 0 Å². The SMILES string of the molecule is C=CC[C@@H]1CCCN(C)C[C@H](OC(C)=O)[C@H](C)C[C@H](CC(OC)OC)[C@H](O[C@@H]2OC(C)[C@H](O[C@H]3CC(C)(O)[C@@H](OC(=O)CC)C(C)O3)C(N(C)C)C2OC(C)=O)[C@@H](OC)[C@H](OC(=O)CC)CC(=O)O1. The minimum Gasteiger partial charge on any atom is -0.462 e. The summed E-state index contributed by atoms with van der Waals surface area (Å²) in [4.78, 5) is 69.3. The molecule has 398 valence electrons. The van der Waals surface area contributed by atoms with Crippen molar-refractivity contribution in [3.05, 3.63) is 12.7 Å². The van der Waals surface area contributed by atoms with E-state index in [4.69, 9.17) is 56.8 Å². The zero-order valence-corrected chi connectivity index (χ0v) is 43.6. The lowest BCUT2D eigenvalue weighted by atomic mass is 9.81. The van der Waals surface area contributed by atoms with Gasteiger partial charge in [-0.2, -0.15) is 0 Å². The monoisotopic (exact) mass is 989 g/mol. The first kappa shape index (κ1) is 60.0. The first-order valence-electron chi connectivity index (χ1n) is 24.3. The van der Waals surface area contributed by atoms with Crippen LogP contribution in [0.4, 0.5) is 0 Å². The highest BCUT2D eigenvalue weighted by atomic mass is 16.7. The van der Waals surface area contributed by atoms with Gasteiger partial charge in [-0.3, -0.25) is 24.0 Å². The minimum absolute atomic E-state index is 0.0206. The molecule has 3 saturated heterocycles. The highest BCUT2D eigenvalue weighted by Crippen LogP contribution is 2.39. The molecule has 3 aliphatic rings. The third-order valence-corrected chi connectivity index (χ3v) is 13.1. The molecule has 20 heteroatoms. The number of carbonyl (C=O) groups excluding carboxylic acids is 5. The largest absolute Gasteiger partial charge is 0.462 e. The van der Waals surface area contributed by atoms with Crippen LogP contribution in [0.15, 0.2) is 12.7 Å². The normalized spacial score (nSPS) is 35.7. The molecule has 16 atom stereocenters. The van der Waals surface area contributed by atoms with Gasteiger partial charge in [0, 0.05) is 73.8 Å². The van der Waals surface area contributed by atoms with Crippen LogP contribution < -0.4 is 0 Å². The van der Waals surface area contributed by atoms with Crippen LogP contribution in [-0.4, -0.2) is 192 Å². The summed E-state index contributed by atoms with van der Waals surface area (Å²) >= 11 is 0. The van der Waals surface area contributed by atoms with E-state index in [0.29, 0.717) is 32.4 Å². The van der Waals surface area contributed by atoms with Crippen LogP contribution in [0.2, 0.25) is 0 Å². The maximum atomic E-state index is 14.0. The molecule has 20 nitrogen and oxygen atoms in total. The van der Waals surface area contributed by atoms with E-state index in [9.17, 15) is 29.1 Å². The van der Waals surface area contributed by atoms with E-state index in [0.717, 1.165) is 0 Å². The highest BCUT2D eigenvalue weighted by molar-refractivity contribution is 5.73. The number of methoxy groups -OCH3 is 3. The summed E-state index contributed by atoms with van der Waals surface area (Å²) in [6.07, 6.45) is -9.28. The predicted octanol–water partition coefficient (Wildman–Crippen LogP) is 4.09. The zero-order chi connectivity index (χ0) is 51.7. The van der Waals surface area contributed by atoms with Crippen molar-refractivity contribution in [3.63, 3.8) is 0 Å². The molecule has 0 bridgehead atoms. The van der Waals surface area contributed by atoms with Crippen molar-refractivity contribution in [2.24, 2.45) is 11.8 Å². The van der Waals surface area contributed by atoms with Gasteiger partial charge in [-0.05, 0) is 79.6 Å². The number of nitrogens with zero attached hydrogens (tertiary/aromatic N) is 2. The Labute approximate surface area is 409 Å². The van der Waals surface area contributed by atoms with Gasteiger partial charge in [0.15, 0.2) is 31.1 Å².